The van der Waals surface area contributed by atoms with Gasteiger partial charge in [-0.1, -0.05) is 18.2 Å². The summed E-state index contributed by atoms with van der Waals surface area (Å²) >= 11 is 3.89. The maximum absolute atomic E-state index is 13.0. The van der Waals surface area contributed by atoms with Gasteiger partial charge in [0.15, 0.2) is 0 Å². The van der Waals surface area contributed by atoms with E-state index in [2.05, 4.69) is 5.32 Å². The van der Waals surface area contributed by atoms with Gasteiger partial charge in [-0.3, -0.25) is 4.79 Å². The van der Waals surface area contributed by atoms with Crippen molar-refractivity contribution in [3.05, 3.63) is 65.5 Å². The average Bonchev–Trinajstić information content (AvgIpc) is 3.13. The lowest BCUT2D eigenvalue weighted by Crippen LogP contribution is -2.28. The predicted octanol–water partition coefficient (Wildman–Crippen LogP) is 4.11. The number of amides is 1. The van der Waals surface area contributed by atoms with Crippen LogP contribution in [-0.2, 0) is 0 Å². The molecule has 1 heterocycles. The molecule has 1 saturated heterocycles. The van der Waals surface area contributed by atoms with Crippen molar-refractivity contribution in [1.82, 2.24) is 5.32 Å². The lowest BCUT2D eigenvalue weighted by molar-refractivity contribution is 0.0947. The van der Waals surface area contributed by atoms with E-state index in [0.29, 0.717) is 29.0 Å². The summed E-state index contributed by atoms with van der Waals surface area (Å²) in [6.07, 6.45) is 0. The standard InChI is InChI=1S/C18H18FNO2S2/c19-15-2-1-3-16(12-15)22-9-8-20-17(21)13-4-6-14(7-5-13)18-23-10-11-24-18/h1-7,12,18H,8-11H2,(H,20,21). The second kappa shape index (κ2) is 8.44. The molecule has 3 nitrogen and oxygen atoms in total. The Hall–Kier alpha value is -1.66. The number of nitrogens with one attached hydrogen (secondary N) is 1. The van der Waals surface area contributed by atoms with Gasteiger partial charge in [-0.05, 0) is 29.8 Å². The summed E-state index contributed by atoms with van der Waals surface area (Å²) < 4.78 is 18.9. The van der Waals surface area contributed by atoms with Crippen LogP contribution < -0.4 is 10.1 Å². The number of halogens is 1. The Morgan fingerprint density at radius 1 is 1.17 bits per heavy atom. The molecule has 2 aromatic rings. The lowest BCUT2D eigenvalue weighted by Gasteiger charge is -2.10. The van der Waals surface area contributed by atoms with Gasteiger partial charge in [-0.25, -0.2) is 4.39 Å². The molecule has 3 rings (SSSR count). The fraction of sp³-hybridized carbons (Fsp3) is 0.278. The average molecular weight is 363 g/mol. The van der Waals surface area contributed by atoms with E-state index in [0.717, 1.165) is 0 Å². The quantitative estimate of drug-likeness (QED) is 0.784. The van der Waals surface area contributed by atoms with Crippen LogP contribution in [0.4, 0.5) is 4.39 Å². The van der Waals surface area contributed by atoms with E-state index in [9.17, 15) is 9.18 Å². The Labute approximate surface area is 149 Å². The fourth-order valence-corrected chi connectivity index (χ4v) is 5.19. The van der Waals surface area contributed by atoms with E-state index in [1.54, 1.807) is 12.1 Å². The summed E-state index contributed by atoms with van der Waals surface area (Å²) in [4.78, 5) is 12.1. The van der Waals surface area contributed by atoms with E-state index in [1.165, 1.54) is 29.2 Å². The van der Waals surface area contributed by atoms with Crippen LogP contribution in [0, 0.1) is 5.82 Å². The van der Waals surface area contributed by atoms with Gasteiger partial charge in [0.05, 0.1) is 11.1 Å². The first-order valence-electron chi connectivity index (χ1n) is 7.72. The maximum Gasteiger partial charge on any atom is 0.251 e. The largest absolute Gasteiger partial charge is 0.492 e. The van der Waals surface area contributed by atoms with Crippen molar-refractivity contribution in [2.75, 3.05) is 24.7 Å². The van der Waals surface area contributed by atoms with Crippen molar-refractivity contribution in [2.24, 2.45) is 0 Å². The molecule has 24 heavy (non-hydrogen) atoms. The summed E-state index contributed by atoms with van der Waals surface area (Å²) in [6.45, 7) is 0.661. The molecule has 0 aromatic heterocycles. The predicted molar refractivity (Wildman–Crippen MR) is 98.3 cm³/mol. The van der Waals surface area contributed by atoms with Crippen LogP contribution in [0.15, 0.2) is 48.5 Å². The minimum absolute atomic E-state index is 0.129. The van der Waals surface area contributed by atoms with Crippen LogP contribution in [-0.4, -0.2) is 30.6 Å². The molecule has 126 valence electrons. The first-order valence-corrected chi connectivity index (χ1v) is 9.82. The summed E-state index contributed by atoms with van der Waals surface area (Å²) in [6, 6.07) is 13.7. The minimum atomic E-state index is -0.338. The van der Waals surface area contributed by atoms with Gasteiger partial charge in [0.25, 0.3) is 5.91 Å². The summed E-state index contributed by atoms with van der Waals surface area (Å²) in [5.74, 6) is 2.36. The van der Waals surface area contributed by atoms with E-state index < -0.39 is 0 Å². The molecular formula is C18H18FNO2S2. The van der Waals surface area contributed by atoms with Gasteiger partial charge < -0.3 is 10.1 Å². The molecule has 1 fully saturated rings. The Kier molecular flexibility index (Phi) is 6.04. The van der Waals surface area contributed by atoms with E-state index in [4.69, 9.17) is 4.74 Å². The molecule has 0 radical (unpaired) electrons. The van der Waals surface area contributed by atoms with Crippen LogP contribution in [0.25, 0.3) is 0 Å². The van der Waals surface area contributed by atoms with Gasteiger partial charge in [-0.2, -0.15) is 0 Å². The number of ether oxygens (including phenoxy) is 1. The van der Waals surface area contributed by atoms with E-state index in [1.807, 2.05) is 47.8 Å². The molecule has 2 aromatic carbocycles. The Morgan fingerprint density at radius 2 is 1.92 bits per heavy atom. The van der Waals surface area contributed by atoms with Gasteiger partial charge >= 0.3 is 0 Å². The molecule has 0 aliphatic carbocycles. The third kappa shape index (κ3) is 4.68. The molecule has 0 unspecified atom stereocenters. The molecule has 0 atom stereocenters. The molecule has 0 bridgehead atoms. The number of thioether (sulfide) groups is 2. The zero-order chi connectivity index (χ0) is 16.8. The third-order valence-electron chi connectivity index (χ3n) is 3.52. The first-order chi connectivity index (χ1) is 11.7. The highest BCUT2D eigenvalue weighted by molar-refractivity contribution is 8.19. The Bertz CT molecular complexity index is 688. The molecule has 1 amide bonds. The normalized spacial score (nSPS) is 14.5. The van der Waals surface area contributed by atoms with Gasteiger partial charge in [0.2, 0.25) is 0 Å². The molecule has 1 aliphatic heterocycles. The third-order valence-corrected chi connectivity index (χ3v) is 6.62. The monoisotopic (exact) mass is 363 g/mol. The Balaban J connectivity index is 1.44. The molecular weight excluding hydrogens is 345 g/mol. The molecule has 1 N–H and O–H groups in total. The summed E-state index contributed by atoms with van der Waals surface area (Å²) in [5, 5.41) is 2.80. The molecule has 1 aliphatic rings. The highest BCUT2D eigenvalue weighted by Gasteiger charge is 2.18. The first kappa shape index (κ1) is 17.2. The number of carbonyl (C=O) groups excluding carboxylic acids is 1. The summed E-state index contributed by atoms with van der Waals surface area (Å²) in [7, 11) is 0. The van der Waals surface area contributed by atoms with Crippen LogP contribution in [0.3, 0.4) is 0 Å². The number of hydrogen-bond donors (Lipinski definition) is 1. The zero-order valence-electron chi connectivity index (χ0n) is 13.0. The lowest BCUT2D eigenvalue weighted by atomic mass is 10.1. The number of carbonyl (C=O) groups is 1. The van der Waals surface area contributed by atoms with Crippen LogP contribution in [0.1, 0.15) is 20.5 Å². The fourth-order valence-electron chi connectivity index (χ4n) is 2.33. The van der Waals surface area contributed by atoms with E-state index >= 15 is 0 Å². The van der Waals surface area contributed by atoms with Crippen LogP contribution >= 0.6 is 23.5 Å². The van der Waals surface area contributed by atoms with Crippen molar-refractivity contribution in [2.45, 2.75) is 4.58 Å². The molecule has 6 heteroatoms. The highest BCUT2D eigenvalue weighted by atomic mass is 32.2. The maximum atomic E-state index is 13.0. The minimum Gasteiger partial charge on any atom is -0.492 e. The molecule has 0 spiro atoms. The Morgan fingerprint density at radius 3 is 2.62 bits per heavy atom. The zero-order valence-corrected chi connectivity index (χ0v) is 14.7. The van der Waals surface area contributed by atoms with Crippen molar-refractivity contribution < 1.29 is 13.9 Å². The smallest absolute Gasteiger partial charge is 0.251 e. The number of hydrogen-bond acceptors (Lipinski definition) is 4. The van der Waals surface area contributed by atoms with Crippen molar-refractivity contribution in [1.29, 1.82) is 0 Å². The van der Waals surface area contributed by atoms with Crippen molar-refractivity contribution in [3.63, 3.8) is 0 Å². The second-order valence-corrected chi connectivity index (χ2v) is 7.98. The van der Waals surface area contributed by atoms with Crippen LogP contribution in [0.2, 0.25) is 0 Å². The molecule has 0 saturated carbocycles. The van der Waals surface area contributed by atoms with Crippen molar-refractivity contribution >= 4 is 29.4 Å². The van der Waals surface area contributed by atoms with Gasteiger partial charge in [0.1, 0.15) is 18.2 Å². The van der Waals surface area contributed by atoms with Gasteiger partial charge in [-0.15, -0.1) is 23.5 Å². The highest BCUT2D eigenvalue weighted by Crippen LogP contribution is 2.45. The SMILES string of the molecule is O=C(NCCOc1cccc(F)c1)c1ccc(C2SCCS2)cc1. The number of rotatable bonds is 6. The summed E-state index contributed by atoms with van der Waals surface area (Å²) in [5.41, 5.74) is 1.89. The second-order valence-electron chi connectivity index (χ2n) is 5.26. The topological polar surface area (TPSA) is 38.3 Å². The van der Waals surface area contributed by atoms with Crippen molar-refractivity contribution in [3.8, 4) is 5.75 Å². The van der Waals surface area contributed by atoms with Crippen LogP contribution in [0.5, 0.6) is 5.75 Å². The van der Waals surface area contributed by atoms with Gasteiger partial charge in [0, 0.05) is 23.1 Å². The number of benzene rings is 2. The van der Waals surface area contributed by atoms with E-state index in [-0.39, 0.29) is 11.7 Å².